The summed E-state index contributed by atoms with van der Waals surface area (Å²) in [7, 11) is 3.42. The molecule has 0 spiro atoms. The molecule has 0 saturated carbocycles. The fraction of sp³-hybridized carbons (Fsp3) is 0.222. The Morgan fingerprint density at radius 2 is 2.00 bits per heavy atom. The molecule has 0 atom stereocenters. The highest BCUT2D eigenvalue weighted by atomic mass is 32.1. The van der Waals surface area contributed by atoms with Gasteiger partial charge in [0.2, 0.25) is 0 Å². The molecule has 2 amide bonds. The van der Waals surface area contributed by atoms with Gasteiger partial charge in [0.25, 0.3) is 0 Å². The number of aromatic amines is 1. The van der Waals surface area contributed by atoms with E-state index in [1.807, 2.05) is 19.9 Å². The number of ketones is 1. The largest absolute Gasteiger partial charge is 0.333 e. The Kier molecular flexibility index (Phi) is 4.05. The Morgan fingerprint density at radius 3 is 2.67 bits per heavy atom. The minimum Gasteiger partial charge on any atom is -0.306 e. The van der Waals surface area contributed by atoms with Crippen LogP contribution in [0.4, 0.5) is 10.5 Å². The molecule has 4 rings (SSSR count). The lowest BCUT2D eigenvalue weighted by Gasteiger charge is -2.14. The smallest absolute Gasteiger partial charge is 0.306 e. The second-order valence-corrected chi connectivity index (χ2v) is 7.69. The first-order valence-corrected chi connectivity index (χ1v) is 9.14. The van der Waals surface area contributed by atoms with Crippen molar-refractivity contribution in [3.63, 3.8) is 0 Å². The van der Waals surface area contributed by atoms with Crippen molar-refractivity contribution in [2.24, 2.45) is 0 Å². The molecule has 0 radical (unpaired) electrons. The number of anilines is 1. The second-order valence-electron chi connectivity index (χ2n) is 6.49. The summed E-state index contributed by atoms with van der Waals surface area (Å²) in [5.41, 5.74) is 6.89. The third-order valence-corrected chi connectivity index (χ3v) is 5.33. The average Bonchev–Trinajstić information content (AvgIpc) is 3.22. The third kappa shape index (κ3) is 2.81. The first-order chi connectivity index (χ1) is 12.9. The maximum absolute atomic E-state index is 13.2. The number of hydrogen-bond donors (Lipinski definition) is 3. The van der Waals surface area contributed by atoms with Gasteiger partial charge in [0.15, 0.2) is 5.78 Å². The first-order valence-electron chi connectivity index (χ1n) is 8.32. The lowest BCUT2D eigenvalue weighted by atomic mass is 10.1. The van der Waals surface area contributed by atoms with E-state index in [0.717, 1.165) is 15.6 Å². The predicted octanol–water partition coefficient (Wildman–Crippen LogP) is 2.96. The fourth-order valence-corrected chi connectivity index (χ4v) is 4.18. The predicted molar refractivity (Wildman–Crippen MR) is 104 cm³/mol. The van der Waals surface area contributed by atoms with E-state index >= 15 is 0 Å². The van der Waals surface area contributed by atoms with Crippen LogP contribution in [0.25, 0.3) is 21.8 Å². The van der Waals surface area contributed by atoms with E-state index in [9.17, 15) is 9.59 Å². The van der Waals surface area contributed by atoms with Gasteiger partial charge in [-0.3, -0.25) is 15.3 Å². The van der Waals surface area contributed by atoms with Crippen LogP contribution in [0, 0.1) is 13.8 Å². The number of thiazole rings is 1. The zero-order valence-corrected chi connectivity index (χ0v) is 16.1. The van der Waals surface area contributed by atoms with Gasteiger partial charge in [-0.1, -0.05) is 12.1 Å². The first kappa shape index (κ1) is 17.4. The normalized spacial score (nSPS) is 12.3. The number of carbonyl (C=O) groups excluding carboxylic acids is 2. The number of nitrogens with one attached hydrogen (secondary N) is 3. The van der Waals surface area contributed by atoms with Crippen LogP contribution in [0.1, 0.15) is 26.6 Å². The van der Waals surface area contributed by atoms with E-state index in [0.29, 0.717) is 33.8 Å². The molecule has 1 aliphatic rings. The average molecular weight is 382 g/mol. The number of hydrogen-bond acceptors (Lipinski definition) is 6. The van der Waals surface area contributed by atoms with E-state index in [2.05, 4.69) is 25.9 Å². The van der Waals surface area contributed by atoms with Gasteiger partial charge in [-0.15, -0.1) is 11.3 Å². The number of aromatic nitrogens is 3. The lowest BCUT2D eigenvalue weighted by Crippen LogP contribution is -2.39. The number of hydrazine groups is 1. The topological polar surface area (TPSA) is 103 Å². The number of fused-ring (bicyclic) bond motifs is 3. The van der Waals surface area contributed by atoms with E-state index in [-0.39, 0.29) is 5.78 Å². The minimum atomic E-state index is -0.415. The molecule has 27 heavy (non-hydrogen) atoms. The maximum Gasteiger partial charge on any atom is 0.333 e. The monoisotopic (exact) mass is 382 g/mol. The van der Waals surface area contributed by atoms with Crippen molar-refractivity contribution in [2.75, 3.05) is 19.4 Å². The van der Waals surface area contributed by atoms with Crippen molar-refractivity contribution in [2.45, 2.75) is 13.8 Å². The molecule has 138 valence electrons. The Hall–Kier alpha value is -3.04. The van der Waals surface area contributed by atoms with Gasteiger partial charge in [0, 0.05) is 19.7 Å². The van der Waals surface area contributed by atoms with Crippen LogP contribution in [0.15, 0.2) is 18.2 Å². The lowest BCUT2D eigenvalue weighted by molar-refractivity contribution is 0.104. The quantitative estimate of drug-likeness (QED) is 0.473. The zero-order chi connectivity index (χ0) is 19.3. The van der Waals surface area contributed by atoms with Crippen molar-refractivity contribution in [3.8, 4) is 21.8 Å². The summed E-state index contributed by atoms with van der Waals surface area (Å²) in [5, 5.41) is 12.6. The highest BCUT2D eigenvalue weighted by Crippen LogP contribution is 2.44. The summed E-state index contributed by atoms with van der Waals surface area (Å²) in [5.74, 6) is -0.157. The number of aryl methyl sites for hydroxylation is 2. The van der Waals surface area contributed by atoms with Crippen molar-refractivity contribution in [1.29, 1.82) is 0 Å². The number of nitrogens with zero attached hydrogens (tertiary/aromatic N) is 3. The van der Waals surface area contributed by atoms with Gasteiger partial charge in [-0.25, -0.2) is 14.8 Å². The van der Waals surface area contributed by atoms with Crippen LogP contribution in [-0.4, -0.2) is 46.1 Å². The van der Waals surface area contributed by atoms with Crippen molar-refractivity contribution in [1.82, 2.24) is 25.6 Å². The molecule has 8 nitrogen and oxygen atoms in total. The summed E-state index contributed by atoms with van der Waals surface area (Å²) in [6.45, 7) is 3.84. The van der Waals surface area contributed by atoms with Crippen LogP contribution in [-0.2, 0) is 0 Å². The summed E-state index contributed by atoms with van der Waals surface area (Å²) in [6, 6.07) is 4.93. The highest BCUT2D eigenvalue weighted by Gasteiger charge is 2.36. The molecule has 2 heterocycles. The molecule has 1 aromatic carbocycles. The van der Waals surface area contributed by atoms with Crippen molar-refractivity contribution < 1.29 is 9.59 Å². The number of benzene rings is 1. The second kappa shape index (κ2) is 6.29. The SMILES string of the molecule is Cc1nc(C)c(-c2[nH]nc3c2C(=O)c2c(NC(=O)NN(C)C)cccc2-3)s1. The minimum absolute atomic E-state index is 0.157. The van der Waals surface area contributed by atoms with Crippen LogP contribution >= 0.6 is 11.3 Å². The van der Waals surface area contributed by atoms with Gasteiger partial charge >= 0.3 is 6.03 Å². The molecule has 1 aliphatic carbocycles. The number of carbonyl (C=O) groups is 2. The number of urea groups is 1. The molecule has 9 heteroatoms. The zero-order valence-electron chi connectivity index (χ0n) is 15.3. The highest BCUT2D eigenvalue weighted by molar-refractivity contribution is 7.15. The van der Waals surface area contributed by atoms with Gasteiger partial charge in [-0.2, -0.15) is 5.10 Å². The molecule has 3 N–H and O–H groups in total. The summed E-state index contributed by atoms with van der Waals surface area (Å²) < 4.78 is 0. The third-order valence-electron chi connectivity index (χ3n) is 4.24. The summed E-state index contributed by atoms with van der Waals surface area (Å²) in [4.78, 5) is 30.6. The van der Waals surface area contributed by atoms with Crippen LogP contribution < -0.4 is 10.7 Å². The Bertz CT molecular complexity index is 1080. The molecule has 2 aromatic heterocycles. The number of H-pyrrole nitrogens is 1. The van der Waals surface area contributed by atoms with E-state index in [1.165, 1.54) is 16.3 Å². The Balaban J connectivity index is 1.78. The van der Waals surface area contributed by atoms with Crippen LogP contribution in [0.2, 0.25) is 0 Å². The van der Waals surface area contributed by atoms with Gasteiger partial charge < -0.3 is 5.32 Å². The molecule has 0 unspecified atom stereocenters. The molecule has 0 fully saturated rings. The van der Waals surface area contributed by atoms with Gasteiger partial charge in [0.1, 0.15) is 5.69 Å². The molecular weight excluding hydrogens is 364 g/mol. The summed E-state index contributed by atoms with van der Waals surface area (Å²) >= 11 is 1.52. The molecular formula is C18H18N6O2S. The molecule has 0 aliphatic heterocycles. The van der Waals surface area contributed by atoms with Crippen molar-refractivity contribution >= 4 is 28.8 Å². The van der Waals surface area contributed by atoms with E-state index < -0.39 is 6.03 Å². The van der Waals surface area contributed by atoms with E-state index in [1.54, 1.807) is 26.2 Å². The number of rotatable bonds is 3. The summed E-state index contributed by atoms with van der Waals surface area (Å²) in [6.07, 6.45) is 0. The molecule has 0 saturated heterocycles. The fourth-order valence-electron chi connectivity index (χ4n) is 3.26. The molecule has 0 bridgehead atoms. The Labute approximate surface area is 159 Å². The van der Waals surface area contributed by atoms with Gasteiger partial charge in [-0.05, 0) is 19.9 Å². The van der Waals surface area contributed by atoms with E-state index in [4.69, 9.17) is 0 Å². The van der Waals surface area contributed by atoms with Gasteiger partial charge in [0.05, 0.1) is 38.1 Å². The van der Waals surface area contributed by atoms with Crippen LogP contribution in [0.3, 0.4) is 0 Å². The van der Waals surface area contributed by atoms with Crippen LogP contribution in [0.5, 0.6) is 0 Å². The Morgan fingerprint density at radius 1 is 1.22 bits per heavy atom. The molecule has 3 aromatic rings. The van der Waals surface area contributed by atoms with Crippen molar-refractivity contribution in [3.05, 3.63) is 40.0 Å². The standard InChI is InChI=1S/C18H18N6O2S/c1-8-17(27-9(2)19-8)15-13-14(21-22-15)10-6-5-7-11(12(10)16(13)25)20-18(26)23-24(3)4/h5-7H,1-4H3,(H,21,22)(H2,20,23,26). The maximum atomic E-state index is 13.2. The number of amides is 2.